The molecule has 1 aromatic heterocycles. The van der Waals surface area contributed by atoms with Crippen molar-refractivity contribution in [3.63, 3.8) is 0 Å². The molecule has 2 aromatic rings. The number of hydrogen-bond acceptors (Lipinski definition) is 6. The number of ether oxygens (including phenoxy) is 1. The van der Waals surface area contributed by atoms with Gasteiger partial charge in [-0.25, -0.2) is 9.48 Å². The quantitative estimate of drug-likeness (QED) is 0.816. The van der Waals surface area contributed by atoms with Gasteiger partial charge in [-0.3, -0.25) is 4.79 Å². The number of methoxy groups -OCH3 is 1. The Labute approximate surface area is 143 Å². The van der Waals surface area contributed by atoms with Gasteiger partial charge < -0.3 is 15.2 Å². The minimum Gasteiger partial charge on any atom is -0.508 e. The lowest BCUT2D eigenvalue weighted by molar-refractivity contribution is -0.116. The van der Waals surface area contributed by atoms with Gasteiger partial charge in [0.25, 0.3) is 0 Å². The van der Waals surface area contributed by atoms with Crippen LogP contribution in [0.4, 0.5) is 5.82 Å². The Kier molecular flexibility index (Phi) is 3.56. The summed E-state index contributed by atoms with van der Waals surface area (Å²) in [6, 6.07) is 6.25. The van der Waals surface area contributed by atoms with Crippen LogP contribution in [0.5, 0.6) is 5.75 Å². The average molecular weight is 339 g/mol. The topological polar surface area (TPSA) is 93.5 Å². The van der Waals surface area contributed by atoms with Crippen LogP contribution in [0.1, 0.15) is 41.2 Å². The Hall–Kier alpha value is -3.09. The molecule has 25 heavy (non-hydrogen) atoms. The average Bonchev–Trinajstić information content (AvgIpc) is 3.04. The minimum absolute atomic E-state index is 0.0765. The van der Waals surface area contributed by atoms with E-state index in [4.69, 9.17) is 4.74 Å². The van der Waals surface area contributed by atoms with Crippen LogP contribution in [0.2, 0.25) is 0 Å². The molecule has 0 saturated carbocycles. The first kappa shape index (κ1) is 15.4. The molecule has 0 spiro atoms. The number of carbonyl (C=O) groups is 2. The van der Waals surface area contributed by atoms with E-state index in [1.54, 1.807) is 28.9 Å². The number of phenols is 1. The van der Waals surface area contributed by atoms with Crippen molar-refractivity contribution < 1.29 is 19.4 Å². The number of aromatic nitrogens is 2. The molecule has 1 aromatic carbocycles. The number of nitrogens with one attached hydrogen (secondary N) is 1. The van der Waals surface area contributed by atoms with Gasteiger partial charge in [0.15, 0.2) is 5.78 Å². The van der Waals surface area contributed by atoms with Gasteiger partial charge in [-0.15, -0.1) is 0 Å². The van der Waals surface area contributed by atoms with Crippen LogP contribution in [0.25, 0.3) is 0 Å². The van der Waals surface area contributed by atoms with Crippen LogP contribution in [-0.4, -0.2) is 33.7 Å². The zero-order chi connectivity index (χ0) is 17.6. The Morgan fingerprint density at radius 2 is 2.08 bits per heavy atom. The second-order valence-electron chi connectivity index (χ2n) is 6.13. The summed E-state index contributed by atoms with van der Waals surface area (Å²) in [5.41, 5.74) is 2.65. The summed E-state index contributed by atoms with van der Waals surface area (Å²) in [5.74, 6) is 0.271. The highest BCUT2D eigenvalue weighted by molar-refractivity contribution is 6.01. The lowest BCUT2D eigenvalue weighted by Gasteiger charge is -2.33. The van der Waals surface area contributed by atoms with Crippen molar-refractivity contribution in [2.24, 2.45) is 0 Å². The predicted octanol–water partition coefficient (Wildman–Crippen LogP) is 2.40. The third kappa shape index (κ3) is 2.39. The number of phenolic OH excluding ortho intramolecular Hbond substituents is 1. The lowest BCUT2D eigenvalue weighted by Crippen LogP contribution is -2.31. The van der Waals surface area contributed by atoms with Gasteiger partial charge in [0.2, 0.25) is 0 Å². The number of nitrogens with zero attached hydrogens (tertiary/aromatic N) is 2. The first-order valence-corrected chi connectivity index (χ1v) is 8.08. The van der Waals surface area contributed by atoms with Crippen LogP contribution in [0.3, 0.4) is 0 Å². The van der Waals surface area contributed by atoms with Crippen molar-refractivity contribution >= 4 is 17.6 Å². The fraction of sp³-hybridized carbons (Fsp3) is 0.278. The number of aromatic hydroxyl groups is 1. The molecule has 7 nitrogen and oxygen atoms in total. The molecule has 1 aliphatic carbocycles. The summed E-state index contributed by atoms with van der Waals surface area (Å²) in [4.78, 5) is 24.6. The Morgan fingerprint density at radius 3 is 2.80 bits per heavy atom. The molecule has 1 unspecified atom stereocenters. The van der Waals surface area contributed by atoms with Gasteiger partial charge in [-0.05, 0) is 30.5 Å². The Balaban J connectivity index is 1.91. The number of hydrogen-bond donors (Lipinski definition) is 2. The molecule has 4 rings (SSSR count). The number of fused-ring (bicyclic) bond motifs is 1. The molecule has 7 heteroatoms. The molecule has 1 atom stereocenters. The molecule has 2 heterocycles. The summed E-state index contributed by atoms with van der Waals surface area (Å²) < 4.78 is 6.47. The fourth-order valence-electron chi connectivity index (χ4n) is 3.48. The second kappa shape index (κ2) is 5.77. The van der Waals surface area contributed by atoms with E-state index in [0.717, 1.165) is 24.1 Å². The number of Topliss-reactive ketones (excluding diaryl/α,β-unsaturated/α-hetero) is 1. The normalized spacial score (nSPS) is 19.1. The molecule has 0 amide bonds. The highest BCUT2D eigenvalue weighted by Crippen LogP contribution is 2.41. The van der Waals surface area contributed by atoms with Crippen molar-refractivity contribution in [2.75, 3.05) is 12.4 Å². The molecule has 1 aliphatic heterocycles. The maximum atomic E-state index is 12.6. The third-order valence-electron chi connectivity index (χ3n) is 4.65. The first-order chi connectivity index (χ1) is 12.1. The predicted molar refractivity (Wildman–Crippen MR) is 89.3 cm³/mol. The smallest absolute Gasteiger partial charge is 0.343 e. The Morgan fingerprint density at radius 1 is 1.32 bits per heavy atom. The van der Waals surface area contributed by atoms with Gasteiger partial charge in [-0.1, -0.05) is 12.1 Å². The van der Waals surface area contributed by atoms with Gasteiger partial charge >= 0.3 is 5.97 Å². The summed E-state index contributed by atoms with van der Waals surface area (Å²) in [6.07, 6.45) is 3.45. The van der Waals surface area contributed by atoms with E-state index in [0.29, 0.717) is 23.4 Å². The largest absolute Gasteiger partial charge is 0.508 e. The minimum atomic E-state index is -0.482. The van der Waals surface area contributed by atoms with Crippen LogP contribution in [0, 0.1) is 0 Å². The van der Waals surface area contributed by atoms with Crippen molar-refractivity contribution in [1.82, 2.24) is 9.78 Å². The fourth-order valence-corrected chi connectivity index (χ4v) is 3.48. The van der Waals surface area contributed by atoms with Crippen LogP contribution in [-0.2, 0) is 9.53 Å². The van der Waals surface area contributed by atoms with Crippen LogP contribution < -0.4 is 5.32 Å². The van der Waals surface area contributed by atoms with Crippen molar-refractivity contribution in [3.05, 3.63) is 52.9 Å². The van der Waals surface area contributed by atoms with Crippen molar-refractivity contribution in [1.29, 1.82) is 0 Å². The molecule has 0 saturated heterocycles. The van der Waals surface area contributed by atoms with E-state index >= 15 is 0 Å². The Bertz CT molecular complexity index is 896. The van der Waals surface area contributed by atoms with E-state index in [9.17, 15) is 14.7 Å². The summed E-state index contributed by atoms with van der Waals surface area (Å²) >= 11 is 0. The molecule has 0 bridgehead atoms. The molecule has 2 N–H and O–H groups in total. The van der Waals surface area contributed by atoms with Crippen molar-refractivity contribution in [2.45, 2.75) is 25.3 Å². The van der Waals surface area contributed by atoms with E-state index in [1.807, 2.05) is 0 Å². The lowest BCUT2D eigenvalue weighted by atomic mass is 9.85. The monoisotopic (exact) mass is 339 g/mol. The zero-order valence-corrected chi connectivity index (χ0v) is 13.7. The van der Waals surface area contributed by atoms with E-state index in [-0.39, 0.29) is 11.5 Å². The van der Waals surface area contributed by atoms with Crippen LogP contribution >= 0.6 is 0 Å². The number of allylic oxidation sites excluding steroid dienone is 2. The molecule has 2 aliphatic rings. The van der Waals surface area contributed by atoms with Gasteiger partial charge in [-0.2, -0.15) is 5.10 Å². The number of esters is 1. The maximum Gasteiger partial charge on any atom is 0.343 e. The number of benzene rings is 1. The molecule has 0 radical (unpaired) electrons. The molecule has 0 fully saturated rings. The molecular weight excluding hydrogens is 322 g/mol. The highest BCUT2D eigenvalue weighted by Gasteiger charge is 2.37. The third-order valence-corrected chi connectivity index (χ3v) is 4.65. The zero-order valence-electron chi connectivity index (χ0n) is 13.7. The van der Waals surface area contributed by atoms with Crippen LogP contribution in [0.15, 0.2) is 41.7 Å². The SMILES string of the molecule is COC(=O)c1cnn2c1NC1=C(C(=O)CCC1)C2c1ccc(O)cc1. The van der Waals surface area contributed by atoms with Gasteiger partial charge in [0.05, 0.1) is 13.3 Å². The van der Waals surface area contributed by atoms with E-state index in [2.05, 4.69) is 10.4 Å². The van der Waals surface area contributed by atoms with E-state index in [1.165, 1.54) is 13.3 Å². The first-order valence-electron chi connectivity index (χ1n) is 8.08. The summed E-state index contributed by atoms with van der Waals surface area (Å²) in [7, 11) is 1.32. The molecule has 128 valence electrons. The second-order valence-corrected chi connectivity index (χ2v) is 6.13. The number of carbonyl (C=O) groups excluding carboxylic acids is 2. The summed E-state index contributed by atoms with van der Waals surface area (Å²) in [5, 5.41) is 17.1. The van der Waals surface area contributed by atoms with E-state index < -0.39 is 12.0 Å². The van der Waals surface area contributed by atoms with Gasteiger partial charge in [0.1, 0.15) is 23.2 Å². The van der Waals surface area contributed by atoms with Gasteiger partial charge in [0, 0.05) is 17.7 Å². The highest BCUT2D eigenvalue weighted by atomic mass is 16.5. The number of ketones is 1. The molecular formula is C18H17N3O4. The number of anilines is 1. The standard InChI is InChI=1S/C18H17N3O4/c1-25-18(24)12-9-19-21-16(10-5-7-11(22)8-6-10)15-13(20-17(12)21)3-2-4-14(15)23/h5-9,16,20,22H,2-4H2,1H3. The number of rotatable bonds is 2. The summed E-state index contributed by atoms with van der Waals surface area (Å²) in [6.45, 7) is 0. The van der Waals surface area contributed by atoms with Crippen molar-refractivity contribution in [3.8, 4) is 5.75 Å². The maximum absolute atomic E-state index is 12.6.